The Hall–Kier alpha value is -1.79. The first kappa shape index (κ1) is 12.3. The summed E-state index contributed by atoms with van der Waals surface area (Å²) in [4.78, 5) is 14.6. The van der Waals surface area contributed by atoms with Crippen molar-refractivity contribution in [1.29, 1.82) is 0 Å². The van der Waals surface area contributed by atoms with Crippen molar-refractivity contribution < 1.29 is 27.4 Å². The SMILES string of the molecule is COC(=O)c1c(OC)ncc(F)c1C(F)F. The Balaban J connectivity index is 3.48. The molecule has 16 heavy (non-hydrogen) atoms. The van der Waals surface area contributed by atoms with Crippen LogP contribution >= 0.6 is 0 Å². The van der Waals surface area contributed by atoms with Gasteiger partial charge < -0.3 is 9.47 Å². The molecule has 0 saturated heterocycles. The molecule has 0 saturated carbocycles. The number of methoxy groups -OCH3 is 2. The van der Waals surface area contributed by atoms with Crippen molar-refractivity contribution in [2.45, 2.75) is 6.43 Å². The first-order chi connectivity index (χ1) is 7.52. The third-order valence-electron chi connectivity index (χ3n) is 1.84. The van der Waals surface area contributed by atoms with E-state index in [1.807, 2.05) is 0 Å². The number of esters is 1. The van der Waals surface area contributed by atoms with Crippen LogP contribution in [-0.2, 0) is 4.74 Å². The summed E-state index contributed by atoms with van der Waals surface area (Å²) in [6.07, 6.45) is -2.60. The van der Waals surface area contributed by atoms with Crippen LogP contribution < -0.4 is 4.74 Å². The van der Waals surface area contributed by atoms with Gasteiger partial charge in [0.1, 0.15) is 5.56 Å². The quantitative estimate of drug-likeness (QED) is 0.751. The lowest BCUT2D eigenvalue weighted by atomic mass is 10.1. The van der Waals surface area contributed by atoms with Crippen LogP contribution in [0.5, 0.6) is 5.88 Å². The fraction of sp³-hybridized carbons (Fsp3) is 0.333. The zero-order valence-electron chi connectivity index (χ0n) is 8.46. The number of rotatable bonds is 3. The highest BCUT2D eigenvalue weighted by Gasteiger charge is 2.28. The Bertz CT molecular complexity index is 409. The lowest BCUT2D eigenvalue weighted by Gasteiger charge is -2.11. The van der Waals surface area contributed by atoms with E-state index in [1.54, 1.807) is 0 Å². The van der Waals surface area contributed by atoms with Gasteiger partial charge in [-0.05, 0) is 0 Å². The summed E-state index contributed by atoms with van der Waals surface area (Å²) in [5.41, 5.74) is -1.77. The van der Waals surface area contributed by atoms with Crippen LogP contribution in [0.15, 0.2) is 6.20 Å². The highest BCUT2D eigenvalue weighted by Crippen LogP contribution is 2.30. The molecular formula is C9H8F3NO3. The predicted octanol–water partition coefficient (Wildman–Crippen LogP) is 1.95. The minimum Gasteiger partial charge on any atom is -0.480 e. The van der Waals surface area contributed by atoms with Crippen LogP contribution in [0.4, 0.5) is 13.2 Å². The summed E-state index contributed by atoms with van der Waals surface area (Å²) >= 11 is 0. The second kappa shape index (κ2) is 4.82. The molecule has 0 fully saturated rings. The van der Waals surface area contributed by atoms with Crippen molar-refractivity contribution in [3.05, 3.63) is 23.1 Å². The topological polar surface area (TPSA) is 48.4 Å². The van der Waals surface area contributed by atoms with E-state index in [0.717, 1.165) is 14.2 Å². The van der Waals surface area contributed by atoms with Crippen molar-refractivity contribution in [3.63, 3.8) is 0 Å². The maximum Gasteiger partial charge on any atom is 0.343 e. The Morgan fingerprint density at radius 3 is 2.50 bits per heavy atom. The normalized spacial score (nSPS) is 10.4. The molecule has 4 nitrogen and oxygen atoms in total. The van der Waals surface area contributed by atoms with Gasteiger partial charge in [-0.3, -0.25) is 0 Å². The molecule has 1 aromatic rings. The molecular weight excluding hydrogens is 227 g/mol. The highest BCUT2D eigenvalue weighted by atomic mass is 19.3. The van der Waals surface area contributed by atoms with Crippen LogP contribution in [0, 0.1) is 5.82 Å². The number of alkyl halides is 2. The van der Waals surface area contributed by atoms with Gasteiger partial charge in [0.25, 0.3) is 6.43 Å². The number of hydrogen-bond donors (Lipinski definition) is 0. The highest BCUT2D eigenvalue weighted by molar-refractivity contribution is 5.93. The molecule has 0 radical (unpaired) electrons. The lowest BCUT2D eigenvalue weighted by Crippen LogP contribution is -2.12. The van der Waals surface area contributed by atoms with E-state index < -0.39 is 35.2 Å². The van der Waals surface area contributed by atoms with Crippen molar-refractivity contribution in [1.82, 2.24) is 4.98 Å². The molecule has 0 aromatic carbocycles. The standard InChI is InChI=1S/C9H8F3NO3/c1-15-8-6(9(14)16-2)5(7(11)12)4(10)3-13-8/h3,7H,1-2H3. The van der Waals surface area contributed by atoms with E-state index in [4.69, 9.17) is 0 Å². The molecule has 0 aliphatic rings. The van der Waals surface area contributed by atoms with Gasteiger partial charge >= 0.3 is 5.97 Å². The number of aromatic nitrogens is 1. The molecule has 1 heterocycles. The molecule has 0 aliphatic heterocycles. The van der Waals surface area contributed by atoms with Gasteiger partial charge in [-0.25, -0.2) is 22.9 Å². The number of carbonyl (C=O) groups excluding carboxylic acids is 1. The molecule has 0 bridgehead atoms. The average molecular weight is 235 g/mol. The molecule has 0 aliphatic carbocycles. The minimum atomic E-state index is -3.16. The smallest absolute Gasteiger partial charge is 0.343 e. The molecule has 0 N–H and O–H groups in total. The zero-order chi connectivity index (χ0) is 12.3. The van der Waals surface area contributed by atoms with Crippen molar-refractivity contribution in [2.75, 3.05) is 14.2 Å². The van der Waals surface area contributed by atoms with E-state index in [9.17, 15) is 18.0 Å². The number of hydrogen-bond acceptors (Lipinski definition) is 4. The Kier molecular flexibility index (Phi) is 3.70. The van der Waals surface area contributed by atoms with Crippen LogP contribution in [-0.4, -0.2) is 25.2 Å². The Morgan fingerprint density at radius 1 is 1.44 bits per heavy atom. The number of nitrogens with zero attached hydrogens (tertiary/aromatic N) is 1. The maximum atomic E-state index is 13.1. The summed E-state index contributed by atoms with van der Waals surface area (Å²) in [7, 11) is 2.11. The third kappa shape index (κ3) is 2.07. The number of carbonyl (C=O) groups is 1. The van der Waals surface area contributed by atoms with Gasteiger partial charge in [0.2, 0.25) is 5.88 Å². The summed E-state index contributed by atoms with van der Waals surface area (Å²) < 4.78 is 47.1. The van der Waals surface area contributed by atoms with E-state index in [0.29, 0.717) is 6.20 Å². The molecule has 1 rings (SSSR count). The Labute approximate surface area is 89.0 Å². The monoisotopic (exact) mass is 235 g/mol. The average Bonchev–Trinajstić information content (AvgIpc) is 2.27. The minimum absolute atomic E-state index is 0.399. The van der Waals surface area contributed by atoms with Crippen molar-refractivity contribution >= 4 is 5.97 Å². The third-order valence-corrected chi connectivity index (χ3v) is 1.84. The molecule has 0 amide bonds. The molecule has 1 aromatic heterocycles. The van der Waals surface area contributed by atoms with Crippen molar-refractivity contribution in [3.8, 4) is 5.88 Å². The maximum absolute atomic E-state index is 13.1. The fourth-order valence-corrected chi connectivity index (χ4v) is 1.15. The van der Waals surface area contributed by atoms with E-state index >= 15 is 0 Å². The molecule has 0 atom stereocenters. The molecule has 0 spiro atoms. The van der Waals surface area contributed by atoms with Gasteiger partial charge in [-0.15, -0.1) is 0 Å². The van der Waals surface area contributed by atoms with Gasteiger partial charge in [0.05, 0.1) is 26.0 Å². The van der Waals surface area contributed by atoms with E-state index in [2.05, 4.69) is 14.5 Å². The summed E-state index contributed by atoms with van der Waals surface area (Å²) in [6.45, 7) is 0. The summed E-state index contributed by atoms with van der Waals surface area (Å²) in [5, 5.41) is 0. The van der Waals surface area contributed by atoms with E-state index in [1.165, 1.54) is 0 Å². The second-order valence-electron chi connectivity index (χ2n) is 2.70. The van der Waals surface area contributed by atoms with Crippen molar-refractivity contribution in [2.24, 2.45) is 0 Å². The zero-order valence-corrected chi connectivity index (χ0v) is 8.46. The molecule has 0 unspecified atom stereocenters. The van der Waals surface area contributed by atoms with Gasteiger partial charge in [0, 0.05) is 0 Å². The van der Waals surface area contributed by atoms with Gasteiger partial charge in [-0.1, -0.05) is 0 Å². The van der Waals surface area contributed by atoms with E-state index in [-0.39, 0.29) is 0 Å². The van der Waals surface area contributed by atoms with Crippen LogP contribution in [0.2, 0.25) is 0 Å². The van der Waals surface area contributed by atoms with Gasteiger partial charge in [0.15, 0.2) is 5.82 Å². The lowest BCUT2D eigenvalue weighted by molar-refractivity contribution is 0.0581. The molecule has 88 valence electrons. The summed E-state index contributed by atoms with van der Waals surface area (Å²) in [5.74, 6) is -2.81. The van der Waals surface area contributed by atoms with Crippen LogP contribution in [0.1, 0.15) is 22.3 Å². The Morgan fingerprint density at radius 2 is 2.06 bits per heavy atom. The second-order valence-corrected chi connectivity index (χ2v) is 2.70. The first-order valence-corrected chi connectivity index (χ1v) is 4.11. The number of ether oxygens (including phenoxy) is 2. The summed E-state index contributed by atoms with van der Waals surface area (Å²) in [6, 6.07) is 0. The van der Waals surface area contributed by atoms with Crippen LogP contribution in [0.3, 0.4) is 0 Å². The molecule has 7 heteroatoms. The van der Waals surface area contributed by atoms with Crippen LogP contribution in [0.25, 0.3) is 0 Å². The predicted molar refractivity (Wildman–Crippen MR) is 47.0 cm³/mol. The number of pyridine rings is 1. The first-order valence-electron chi connectivity index (χ1n) is 4.11. The number of halogens is 3. The van der Waals surface area contributed by atoms with Gasteiger partial charge in [-0.2, -0.15) is 0 Å². The largest absolute Gasteiger partial charge is 0.480 e. The fourth-order valence-electron chi connectivity index (χ4n) is 1.15.